The highest BCUT2D eigenvalue weighted by Crippen LogP contribution is 2.14. The number of amides is 1. The molecule has 0 aliphatic heterocycles. The third-order valence-electron chi connectivity index (χ3n) is 4.33. The molecule has 0 heterocycles. The summed E-state index contributed by atoms with van der Waals surface area (Å²) in [7, 11) is 1.91. The molecule has 156 valence electrons. The molecule has 0 aliphatic rings. The van der Waals surface area contributed by atoms with Crippen LogP contribution < -0.4 is 10.6 Å². The maximum Gasteiger partial charge on any atom is 0.251 e. The maximum atomic E-state index is 12.2. The second-order valence-electron chi connectivity index (χ2n) is 7.94. The molecule has 8 heteroatoms. The van der Waals surface area contributed by atoms with Crippen LogP contribution in [-0.2, 0) is 16.1 Å². The highest BCUT2D eigenvalue weighted by atomic mass is 16.5. The third-order valence-corrected chi connectivity index (χ3v) is 4.33. The average molecular weight is 392 g/mol. The summed E-state index contributed by atoms with van der Waals surface area (Å²) in [5.41, 5.74) is 9.56. The first kappa shape index (κ1) is 23.9. The normalized spacial score (nSPS) is 11.8. The molecule has 0 saturated carbocycles. The topological polar surface area (TPSA) is 108 Å². The zero-order chi connectivity index (χ0) is 21.0. The molecule has 0 aliphatic carbocycles. The van der Waals surface area contributed by atoms with Gasteiger partial charge in [-0.15, -0.1) is 0 Å². The number of rotatable bonds is 13. The van der Waals surface area contributed by atoms with E-state index in [0.29, 0.717) is 45.0 Å². The molecule has 0 fully saturated rings. The fourth-order valence-corrected chi connectivity index (χ4v) is 2.18. The van der Waals surface area contributed by atoms with Crippen molar-refractivity contribution < 1.29 is 14.3 Å². The van der Waals surface area contributed by atoms with Crippen LogP contribution in [-0.4, -0.2) is 50.4 Å². The zero-order valence-corrected chi connectivity index (χ0v) is 17.6. The van der Waals surface area contributed by atoms with Crippen LogP contribution >= 0.6 is 0 Å². The second kappa shape index (κ2) is 11.7. The second-order valence-corrected chi connectivity index (χ2v) is 7.94. The Balaban J connectivity index is 2.27. The van der Waals surface area contributed by atoms with Crippen molar-refractivity contribution in [3.05, 3.63) is 45.8 Å². The molecule has 0 saturated heterocycles. The van der Waals surface area contributed by atoms with E-state index in [1.807, 2.05) is 33.0 Å². The molecule has 1 amide bonds. The van der Waals surface area contributed by atoms with E-state index in [1.54, 1.807) is 12.1 Å². The van der Waals surface area contributed by atoms with Crippen LogP contribution in [0.2, 0.25) is 0 Å². The molecule has 0 radical (unpaired) electrons. The third kappa shape index (κ3) is 9.71. The van der Waals surface area contributed by atoms with Gasteiger partial charge in [-0.25, -0.2) is 0 Å². The smallest absolute Gasteiger partial charge is 0.251 e. The number of hydrogen-bond acceptors (Lipinski definition) is 5. The van der Waals surface area contributed by atoms with E-state index >= 15 is 0 Å². The summed E-state index contributed by atoms with van der Waals surface area (Å²) >= 11 is 0. The van der Waals surface area contributed by atoms with Gasteiger partial charge >= 0.3 is 0 Å². The van der Waals surface area contributed by atoms with Crippen molar-refractivity contribution in [1.82, 2.24) is 10.6 Å². The minimum Gasteiger partial charge on any atom is -0.380 e. The number of benzene rings is 1. The molecule has 8 nitrogen and oxygen atoms in total. The summed E-state index contributed by atoms with van der Waals surface area (Å²) in [6, 6.07) is 7.38. The van der Waals surface area contributed by atoms with E-state index < -0.39 is 5.54 Å². The van der Waals surface area contributed by atoms with E-state index in [1.165, 1.54) is 0 Å². The van der Waals surface area contributed by atoms with Crippen LogP contribution in [0.25, 0.3) is 10.4 Å². The molecule has 0 bridgehead atoms. The fraction of sp³-hybridized carbons (Fsp3) is 0.650. The lowest BCUT2D eigenvalue weighted by Crippen LogP contribution is -2.40. The van der Waals surface area contributed by atoms with Crippen molar-refractivity contribution in [1.29, 1.82) is 0 Å². The van der Waals surface area contributed by atoms with E-state index in [4.69, 9.17) is 15.0 Å². The molecular formula is C20H33N5O3. The quantitative estimate of drug-likeness (QED) is 0.232. The van der Waals surface area contributed by atoms with Crippen LogP contribution in [0.15, 0.2) is 29.4 Å². The lowest BCUT2D eigenvalue weighted by atomic mass is 10.0. The van der Waals surface area contributed by atoms with Crippen molar-refractivity contribution in [2.45, 2.75) is 51.8 Å². The summed E-state index contributed by atoms with van der Waals surface area (Å²) in [5.74, 6) is -0.137. The monoisotopic (exact) mass is 391 g/mol. The van der Waals surface area contributed by atoms with Gasteiger partial charge in [-0.1, -0.05) is 31.1 Å². The van der Waals surface area contributed by atoms with Crippen molar-refractivity contribution in [3.63, 3.8) is 0 Å². The van der Waals surface area contributed by atoms with Crippen LogP contribution in [0.5, 0.6) is 0 Å². The van der Waals surface area contributed by atoms with Crippen LogP contribution in [0.3, 0.4) is 0 Å². The Bertz CT molecular complexity index is 652. The van der Waals surface area contributed by atoms with Crippen molar-refractivity contribution >= 4 is 5.91 Å². The molecule has 0 aromatic heterocycles. The molecule has 1 rings (SSSR count). The predicted molar refractivity (Wildman–Crippen MR) is 110 cm³/mol. The van der Waals surface area contributed by atoms with Gasteiger partial charge in [0.15, 0.2) is 0 Å². The van der Waals surface area contributed by atoms with Gasteiger partial charge in [0.25, 0.3) is 5.91 Å². The number of carbonyl (C=O) groups is 1. The predicted octanol–water partition coefficient (Wildman–Crippen LogP) is 3.43. The number of nitrogens with one attached hydrogen (secondary N) is 2. The summed E-state index contributed by atoms with van der Waals surface area (Å²) in [6.07, 6.45) is 0.625. The molecular weight excluding hydrogens is 358 g/mol. The first-order valence-electron chi connectivity index (χ1n) is 9.47. The van der Waals surface area contributed by atoms with Gasteiger partial charge in [-0.05, 0) is 50.5 Å². The zero-order valence-electron chi connectivity index (χ0n) is 17.6. The van der Waals surface area contributed by atoms with Gasteiger partial charge in [0.1, 0.15) is 0 Å². The maximum absolute atomic E-state index is 12.2. The molecule has 1 aromatic carbocycles. The van der Waals surface area contributed by atoms with Crippen molar-refractivity contribution in [3.8, 4) is 0 Å². The first-order chi connectivity index (χ1) is 13.2. The minimum absolute atomic E-state index is 0.0689. The van der Waals surface area contributed by atoms with E-state index in [0.717, 1.165) is 5.56 Å². The lowest BCUT2D eigenvalue weighted by molar-refractivity contribution is 0.0741. The van der Waals surface area contributed by atoms with E-state index in [-0.39, 0.29) is 11.4 Å². The number of azide groups is 1. The van der Waals surface area contributed by atoms with Crippen molar-refractivity contribution in [2.24, 2.45) is 5.11 Å². The number of nitrogens with zero attached hydrogens (tertiary/aromatic N) is 3. The van der Waals surface area contributed by atoms with Crippen LogP contribution in [0.4, 0.5) is 0 Å². The molecule has 28 heavy (non-hydrogen) atoms. The Kier molecular flexibility index (Phi) is 9.96. The Morgan fingerprint density at radius 2 is 1.82 bits per heavy atom. The lowest BCUT2D eigenvalue weighted by Gasteiger charge is -2.23. The Labute approximate surface area is 167 Å². The van der Waals surface area contributed by atoms with Gasteiger partial charge < -0.3 is 20.1 Å². The Morgan fingerprint density at radius 3 is 2.43 bits per heavy atom. The Hall–Kier alpha value is -2.12. The number of likely N-dealkylation sites (N-methyl/N-ethyl adjacent to an activating group) is 1. The Morgan fingerprint density at radius 1 is 1.14 bits per heavy atom. The number of ether oxygens (including phenoxy) is 2. The van der Waals surface area contributed by atoms with Crippen LogP contribution in [0.1, 0.15) is 50.0 Å². The largest absolute Gasteiger partial charge is 0.380 e. The highest BCUT2D eigenvalue weighted by molar-refractivity contribution is 5.94. The van der Waals surface area contributed by atoms with Gasteiger partial charge in [-0.3, -0.25) is 4.79 Å². The molecule has 0 atom stereocenters. The SMILES string of the molecule is CNC(C)(C)COCc1ccc(C(=O)NCCOCCC(C)(C)N=[N+]=[N-])cc1. The highest BCUT2D eigenvalue weighted by Gasteiger charge is 2.15. The van der Waals surface area contributed by atoms with Gasteiger partial charge in [0.2, 0.25) is 0 Å². The molecule has 0 spiro atoms. The standard InChI is InChI=1S/C20H33N5O3/c1-19(2,24-25-21)10-12-27-13-11-23-18(26)17-8-6-16(7-9-17)14-28-15-20(3,4)22-5/h6-9,22H,10-15H2,1-5H3,(H,23,26). The molecule has 1 aromatic rings. The van der Waals surface area contributed by atoms with E-state index in [9.17, 15) is 4.79 Å². The van der Waals surface area contributed by atoms with Gasteiger partial charge in [0, 0.05) is 34.7 Å². The van der Waals surface area contributed by atoms with Crippen LogP contribution in [0, 0.1) is 0 Å². The molecule has 2 N–H and O–H groups in total. The van der Waals surface area contributed by atoms with Gasteiger partial charge in [0.05, 0.1) is 19.8 Å². The molecule has 0 unspecified atom stereocenters. The van der Waals surface area contributed by atoms with Crippen molar-refractivity contribution in [2.75, 3.05) is 33.4 Å². The average Bonchev–Trinajstić information content (AvgIpc) is 2.64. The summed E-state index contributed by atoms with van der Waals surface area (Å²) in [5, 5.41) is 9.72. The minimum atomic E-state index is -0.466. The summed E-state index contributed by atoms with van der Waals surface area (Å²) in [4.78, 5) is 15.0. The fourth-order valence-electron chi connectivity index (χ4n) is 2.18. The van der Waals surface area contributed by atoms with E-state index in [2.05, 4.69) is 34.5 Å². The number of hydrogen-bond donors (Lipinski definition) is 2. The summed E-state index contributed by atoms with van der Waals surface area (Å²) < 4.78 is 11.2. The first-order valence-corrected chi connectivity index (χ1v) is 9.47. The summed E-state index contributed by atoms with van der Waals surface area (Å²) in [6.45, 7) is 10.3. The van der Waals surface area contributed by atoms with Gasteiger partial charge in [-0.2, -0.15) is 0 Å². The number of carbonyl (C=O) groups excluding carboxylic acids is 1.